The summed E-state index contributed by atoms with van der Waals surface area (Å²) in [4.78, 5) is 0. The van der Waals surface area contributed by atoms with E-state index in [-0.39, 0.29) is 13.2 Å². The fourth-order valence-electron chi connectivity index (χ4n) is 0.730. The predicted octanol–water partition coefficient (Wildman–Crippen LogP) is -0.216. The van der Waals surface area contributed by atoms with Crippen LogP contribution in [-0.2, 0) is 9.47 Å². The molecule has 0 aliphatic carbocycles. The molecule has 0 aromatic carbocycles. The minimum Gasteiger partial charge on any atom is -0.394 e. The van der Waals surface area contributed by atoms with E-state index in [1.165, 1.54) is 0 Å². The summed E-state index contributed by atoms with van der Waals surface area (Å²) in [5, 5.41) is 15.2. The van der Waals surface area contributed by atoms with Gasteiger partial charge in [0.25, 0.3) is 0 Å². The van der Waals surface area contributed by atoms with Gasteiger partial charge in [-0.05, 0) is 12.8 Å². The van der Waals surface area contributed by atoms with E-state index in [2.05, 4.69) is 0 Å². The molecule has 0 aromatic rings. The van der Waals surface area contributed by atoms with Crippen LogP contribution < -0.4 is 0 Å². The Morgan fingerprint density at radius 2 is 1.17 bits per heavy atom. The Kier molecular flexibility index (Phi) is 10.7. The summed E-state index contributed by atoms with van der Waals surface area (Å²) in [6, 6.07) is 0. The van der Waals surface area contributed by atoms with E-state index in [0.29, 0.717) is 0 Å². The first-order valence-electron chi connectivity index (χ1n) is 4.29. The van der Waals surface area contributed by atoms with Crippen LogP contribution in [0, 0.1) is 0 Å². The molecule has 1 aliphatic rings. The molecule has 12 heavy (non-hydrogen) atoms. The highest BCUT2D eigenvalue weighted by Gasteiger charge is 1.94. The van der Waals surface area contributed by atoms with Crippen molar-refractivity contribution in [2.24, 2.45) is 0 Å². The van der Waals surface area contributed by atoms with Crippen LogP contribution in [0.15, 0.2) is 0 Å². The van der Waals surface area contributed by atoms with Crippen molar-refractivity contribution in [2.75, 3.05) is 39.6 Å². The topological polar surface area (TPSA) is 58.9 Å². The van der Waals surface area contributed by atoms with E-state index in [0.717, 1.165) is 39.3 Å². The van der Waals surface area contributed by atoms with Crippen LogP contribution in [0.3, 0.4) is 0 Å². The van der Waals surface area contributed by atoms with Crippen molar-refractivity contribution < 1.29 is 19.7 Å². The Morgan fingerprint density at radius 1 is 0.750 bits per heavy atom. The van der Waals surface area contributed by atoms with Crippen molar-refractivity contribution in [2.45, 2.75) is 12.8 Å². The highest BCUT2D eigenvalue weighted by Crippen LogP contribution is 1.94. The van der Waals surface area contributed by atoms with Gasteiger partial charge in [-0.3, -0.25) is 0 Å². The number of aliphatic hydroxyl groups is 2. The smallest absolute Gasteiger partial charge is 0.0700 e. The minimum absolute atomic E-state index is 0.125. The molecule has 1 rings (SSSR count). The molecule has 1 aliphatic heterocycles. The quantitative estimate of drug-likeness (QED) is 0.583. The van der Waals surface area contributed by atoms with Crippen LogP contribution in [0.2, 0.25) is 0 Å². The maximum atomic E-state index is 7.62. The minimum atomic E-state index is -0.125. The second kappa shape index (κ2) is 10.8. The molecule has 1 saturated heterocycles. The van der Waals surface area contributed by atoms with Gasteiger partial charge in [-0.25, -0.2) is 0 Å². The molecule has 0 bridgehead atoms. The SMILES string of the molecule is C1CCOCCOC1.OCCO. The van der Waals surface area contributed by atoms with Gasteiger partial charge in [0.15, 0.2) is 0 Å². The van der Waals surface area contributed by atoms with Crippen molar-refractivity contribution in [3.8, 4) is 0 Å². The second-order valence-corrected chi connectivity index (χ2v) is 2.38. The Morgan fingerprint density at radius 3 is 1.50 bits per heavy atom. The van der Waals surface area contributed by atoms with Gasteiger partial charge in [0, 0.05) is 13.2 Å². The van der Waals surface area contributed by atoms with Crippen LogP contribution in [0.25, 0.3) is 0 Å². The molecule has 2 N–H and O–H groups in total. The molecule has 0 saturated carbocycles. The molecule has 0 spiro atoms. The van der Waals surface area contributed by atoms with Crippen LogP contribution in [0.4, 0.5) is 0 Å². The summed E-state index contributed by atoms with van der Waals surface area (Å²) in [5.74, 6) is 0. The van der Waals surface area contributed by atoms with E-state index < -0.39 is 0 Å². The van der Waals surface area contributed by atoms with Gasteiger partial charge >= 0.3 is 0 Å². The summed E-state index contributed by atoms with van der Waals surface area (Å²) < 4.78 is 10.3. The lowest BCUT2D eigenvalue weighted by molar-refractivity contribution is 0.0220. The Balaban J connectivity index is 0.000000261. The fraction of sp³-hybridized carbons (Fsp3) is 1.00. The first-order valence-corrected chi connectivity index (χ1v) is 4.29. The predicted molar refractivity (Wildman–Crippen MR) is 45.0 cm³/mol. The lowest BCUT2D eigenvalue weighted by Gasteiger charge is -2.08. The normalized spacial score (nSPS) is 18.5. The lowest BCUT2D eigenvalue weighted by atomic mass is 10.3. The molecule has 4 nitrogen and oxygen atoms in total. The van der Waals surface area contributed by atoms with Crippen molar-refractivity contribution in [3.05, 3.63) is 0 Å². The van der Waals surface area contributed by atoms with Gasteiger partial charge in [0.05, 0.1) is 26.4 Å². The van der Waals surface area contributed by atoms with Gasteiger partial charge in [-0.2, -0.15) is 0 Å². The van der Waals surface area contributed by atoms with Crippen LogP contribution in [-0.4, -0.2) is 49.9 Å². The Labute approximate surface area is 73.1 Å². The van der Waals surface area contributed by atoms with Crippen molar-refractivity contribution in [1.29, 1.82) is 0 Å². The number of hydrogen-bond acceptors (Lipinski definition) is 4. The summed E-state index contributed by atoms with van der Waals surface area (Å²) in [6.45, 7) is 3.15. The number of ether oxygens (including phenoxy) is 2. The van der Waals surface area contributed by atoms with E-state index in [9.17, 15) is 0 Å². The molecule has 0 aromatic heterocycles. The largest absolute Gasteiger partial charge is 0.394 e. The van der Waals surface area contributed by atoms with Crippen LogP contribution in [0.5, 0.6) is 0 Å². The highest BCUT2D eigenvalue weighted by atomic mass is 16.5. The molecule has 0 unspecified atom stereocenters. The van der Waals surface area contributed by atoms with Gasteiger partial charge < -0.3 is 19.7 Å². The maximum absolute atomic E-state index is 7.62. The zero-order valence-corrected chi connectivity index (χ0v) is 7.37. The molecule has 74 valence electrons. The molecule has 0 amide bonds. The van der Waals surface area contributed by atoms with E-state index in [1.807, 2.05) is 0 Å². The van der Waals surface area contributed by atoms with Crippen LogP contribution >= 0.6 is 0 Å². The third kappa shape index (κ3) is 9.84. The number of rotatable bonds is 1. The van der Waals surface area contributed by atoms with Gasteiger partial charge in [0.2, 0.25) is 0 Å². The third-order valence-electron chi connectivity index (χ3n) is 1.30. The Hall–Kier alpha value is -0.160. The lowest BCUT2D eigenvalue weighted by Crippen LogP contribution is -2.10. The number of aliphatic hydroxyl groups excluding tert-OH is 2. The van der Waals surface area contributed by atoms with Gasteiger partial charge in [-0.1, -0.05) is 0 Å². The summed E-state index contributed by atoms with van der Waals surface area (Å²) >= 11 is 0. The summed E-state index contributed by atoms with van der Waals surface area (Å²) in [5.41, 5.74) is 0. The zero-order valence-electron chi connectivity index (χ0n) is 7.37. The second-order valence-electron chi connectivity index (χ2n) is 2.38. The molecule has 0 atom stereocenters. The van der Waals surface area contributed by atoms with E-state index in [1.54, 1.807) is 0 Å². The van der Waals surface area contributed by atoms with Gasteiger partial charge in [-0.15, -0.1) is 0 Å². The zero-order chi connectivity index (χ0) is 9.07. The van der Waals surface area contributed by atoms with Crippen LogP contribution in [0.1, 0.15) is 12.8 Å². The first-order chi connectivity index (χ1) is 5.91. The molecule has 0 radical (unpaired) electrons. The van der Waals surface area contributed by atoms with Crippen molar-refractivity contribution >= 4 is 0 Å². The summed E-state index contributed by atoms with van der Waals surface area (Å²) in [6.07, 6.45) is 2.31. The molecule has 1 fully saturated rings. The Bertz CT molecular complexity index is 51.5. The summed E-state index contributed by atoms with van der Waals surface area (Å²) in [7, 11) is 0. The van der Waals surface area contributed by atoms with Gasteiger partial charge in [0.1, 0.15) is 0 Å². The first kappa shape index (κ1) is 11.8. The number of hydrogen-bond donors (Lipinski definition) is 2. The standard InChI is InChI=1S/C6H12O2.C2H6O2/c1-2-4-8-6-5-7-3-1;3-1-2-4/h1-6H2;3-4H,1-2H2. The van der Waals surface area contributed by atoms with E-state index in [4.69, 9.17) is 19.7 Å². The molecular formula is C8H18O4. The van der Waals surface area contributed by atoms with Crippen molar-refractivity contribution in [1.82, 2.24) is 0 Å². The third-order valence-corrected chi connectivity index (χ3v) is 1.30. The highest BCUT2D eigenvalue weighted by molar-refractivity contribution is 4.41. The molecule has 4 heteroatoms. The average molecular weight is 178 g/mol. The average Bonchev–Trinajstić information content (AvgIpc) is 2.04. The monoisotopic (exact) mass is 178 g/mol. The van der Waals surface area contributed by atoms with Crippen molar-refractivity contribution in [3.63, 3.8) is 0 Å². The maximum Gasteiger partial charge on any atom is 0.0700 e. The fourth-order valence-corrected chi connectivity index (χ4v) is 0.730. The molecule has 1 heterocycles. The van der Waals surface area contributed by atoms with E-state index >= 15 is 0 Å². The molecular weight excluding hydrogens is 160 g/mol.